The number of aromatic nitrogens is 2. The van der Waals surface area contributed by atoms with Crippen molar-refractivity contribution in [1.82, 2.24) is 25.1 Å². The van der Waals surface area contributed by atoms with E-state index in [0.29, 0.717) is 25.6 Å². The predicted octanol–water partition coefficient (Wildman–Crippen LogP) is 3.75. The van der Waals surface area contributed by atoms with Crippen LogP contribution in [0.4, 0.5) is 13.2 Å². The predicted molar refractivity (Wildman–Crippen MR) is 117 cm³/mol. The summed E-state index contributed by atoms with van der Waals surface area (Å²) in [5, 5.41) is 3.37. The Labute approximate surface area is 181 Å². The van der Waals surface area contributed by atoms with Gasteiger partial charge in [-0.3, -0.25) is 9.89 Å². The van der Waals surface area contributed by atoms with E-state index in [0.717, 1.165) is 48.8 Å². The van der Waals surface area contributed by atoms with E-state index in [2.05, 4.69) is 20.3 Å². The zero-order chi connectivity index (χ0) is 22.3. The molecule has 31 heavy (non-hydrogen) atoms. The molecule has 1 aliphatic heterocycles. The van der Waals surface area contributed by atoms with Crippen molar-refractivity contribution in [2.24, 2.45) is 10.9 Å². The van der Waals surface area contributed by atoms with E-state index in [-0.39, 0.29) is 0 Å². The van der Waals surface area contributed by atoms with Crippen LogP contribution in [0.5, 0.6) is 0 Å². The Hall–Kier alpha value is -2.55. The van der Waals surface area contributed by atoms with Crippen molar-refractivity contribution in [2.45, 2.75) is 32.0 Å². The number of aliphatic imine (C=N–C) groups is 1. The number of hydrogen-bond donors (Lipinski definition) is 2. The maximum absolute atomic E-state index is 12.5. The van der Waals surface area contributed by atoms with Crippen LogP contribution in [0.15, 0.2) is 41.5 Å². The molecule has 0 radical (unpaired) electrons. The zero-order valence-corrected chi connectivity index (χ0v) is 18.1. The third kappa shape index (κ3) is 7.27. The monoisotopic (exact) mass is 436 g/mol. The van der Waals surface area contributed by atoms with Crippen LogP contribution in [-0.4, -0.2) is 72.2 Å². The largest absolute Gasteiger partial charge is 0.401 e. The molecule has 9 heteroatoms. The molecule has 2 aromatic rings. The van der Waals surface area contributed by atoms with Gasteiger partial charge in [-0.25, -0.2) is 4.98 Å². The van der Waals surface area contributed by atoms with E-state index in [9.17, 15) is 13.2 Å². The van der Waals surface area contributed by atoms with Gasteiger partial charge in [0.15, 0.2) is 5.96 Å². The van der Waals surface area contributed by atoms with E-state index in [1.165, 1.54) is 4.90 Å². The summed E-state index contributed by atoms with van der Waals surface area (Å²) in [5.74, 6) is 2.06. The van der Waals surface area contributed by atoms with Crippen LogP contribution in [-0.2, 0) is 6.54 Å². The molecule has 2 heterocycles. The van der Waals surface area contributed by atoms with Crippen LogP contribution in [0, 0.1) is 5.92 Å². The number of guanidine groups is 1. The summed E-state index contributed by atoms with van der Waals surface area (Å²) in [6.07, 6.45) is 0.258. The van der Waals surface area contributed by atoms with E-state index in [1.807, 2.05) is 48.5 Å². The molecule has 1 aromatic carbocycles. The molecule has 1 aliphatic rings. The van der Waals surface area contributed by atoms with Crippen molar-refractivity contribution in [2.75, 3.05) is 40.3 Å². The third-order valence-corrected chi connectivity index (χ3v) is 5.62. The maximum Gasteiger partial charge on any atom is 0.401 e. The number of halogens is 3. The van der Waals surface area contributed by atoms with Crippen molar-refractivity contribution < 1.29 is 13.2 Å². The first-order valence-electron chi connectivity index (χ1n) is 10.6. The first kappa shape index (κ1) is 23.1. The second kappa shape index (κ2) is 10.7. The number of hydrogen-bond acceptors (Lipinski definition) is 3. The van der Waals surface area contributed by atoms with Gasteiger partial charge in [-0.1, -0.05) is 30.3 Å². The lowest BCUT2D eigenvalue weighted by atomic mass is 9.93. The molecule has 0 aliphatic carbocycles. The summed E-state index contributed by atoms with van der Waals surface area (Å²) in [6.45, 7) is 1.56. The van der Waals surface area contributed by atoms with Gasteiger partial charge in [-0.2, -0.15) is 13.2 Å². The molecule has 1 saturated heterocycles. The Morgan fingerprint density at radius 3 is 2.61 bits per heavy atom. The van der Waals surface area contributed by atoms with Gasteiger partial charge in [0.25, 0.3) is 0 Å². The number of rotatable bonds is 7. The molecule has 1 fully saturated rings. The van der Waals surface area contributed by atoms with Crippen LogP contribution in [0.1, 0.15) is 25.1 Å². The zero-order valence-electron chi connectivity index (χ0n) is 18.1. The summed E-state index contributed by atoms with van der Waals surface area (Å²) in [6, 6.07) is 10.0. The highest BCUT2D eigenvalue weighted by Gasteiger charge is 2.32. The van der Waals surface area contributed by atoms with Gasteiger partial charge in [0.05, 0.1) is 25.0 Å². The van der Waals surface area contributed by atoms with Crippen LogP contribution in [0.3, 0.4) is 0 Å². The molecule has 1 aromatic heterocycles. The van der Waals surface area contributed by atoms with Crippen molar-refractivity contribution in [3.63, 3.8) is 0 Å². The molecule has 0 spiro atoms. The van der Waals surface area contributed by atoms with Crippen molar-refractivity contribution in [3.8, 4) is 11.3 Å². The number of nitrogens with one attached hydrogen (secondary N) is 2. The summed E-state index contributed by atoms with van der Waals surface area (Å²) in [4.78, 5) is 15.7. The number of aromatic amines is 1. The lowest BCUT2D eigenvalue weighted by molar-refractivity contribution is -0.148. The molecular formula is C22H31F3N6. The number of alkyl halides is 3. The highest BCUT2D eigenvalue weighted by molar-refractivity contribution is 5.79. The fourth-order valence-electron chi connectivity index (χ4n) is 3.97. The summed E-state index contributed by atoms with van der Waals surface area (Å²) < 4.78 is 37.5. The molecule has 170 valence electrons. The Morgan fingerprint density at radius 1 is 1.26 bits per heavy atom. The number of H-pyrrole nitrogens is 1. The fraction of sp³-hybridized carbons (Fsp3) is 0.545. The lowest BCUT2D eigenvalue weighted by Crippen LogP contribution is -2.42. The number of nitrogens with zero attached hydrogens (tertiary/aromatic N) is 4. The maximum atomic E-state index is 12.5. The van der Waals surface area contributed by atoms with Crippen LogP contribution in [0.2, 0.25) is 0 Å². The molecular weight excluding hydrogens is 405 g/mol. The molecule has 0 atom stereocenters. The number of imidazole rings is 1. The van der Waals surface area contributed by atoms with Crippen LogP contribution >= 0.6 is 0 Å². The van der Waals surface area contributed by atoms with Gasteiger partial charge in [-0.05, 0) is 43.8 Å². The minimum absolute atomic E-state index is 0.443. The average Bonchev–Trinajstić information content (AvgIpc) is 3.20. The van der Waals surface area contributed by atoms with Gasteiger partial charge >= 0.3 is 6.18 Å². The minimum atomic E-state index is -4.11. The van der Waals surface area contributed by atoms with Crippen molar-refractivity contribution in [1.29, 1.82) is 0 Å². The van der Waals surface area contributed by atoms with Crippen LogP contribution < -0.4 is 5.32 Å². The van der Waals surface area contributed by atoms with E-state index in [1.54, 1.807) is 7.05 Å². The summed E-state index contributed by atoms with van der Waals surface area (Å²) in [5.41, 5.74) is 2.07. The van der Waals surface area contributed by atoms with E-state index >= 15 is 0 Å². The Morgan fingerprint density at radius 2 is 1.97 bits per heavy atom. The fourth-order valence-corrected chi connectivity index (χ4v) is 3.97. The second-order valence-corrected chi connectivity index (χ2v) is 8.06. The Kier molecular flexibility index (Phi) is 7.95. The molecule has 0 unspecified atom stereocenters. The van der Waals surface area contributed by atoms with Gasteiger partial charge < -0.3 is 15.2 Å². The smallest absolute Gasteiger partial charge is 0.356 e. The molecule has 0 saturated carbocycles. The van der Waals surface area contributed by atoms with Gasteiger partial charge in [-0.15, -0.1) is 0 Å². The van der Waals surface area contributed by atoms with Gasteiger partial charge in [0, 0.05) is 20.6 Å². The first-order chi connectivity index (χ1) is 14.8. The highest BCUT2D eigenvalue weighted by Crippen LogP contribution is 2.24. The summed E-state index contributed by atoms with van der Waals surface area (Å²) >= 11 is 0. The van der Waals surface area contributed by atoms with Crippen molar-refractivity contribution in [3.05, 3.63) is 42.4 Å². The first-order valence-corrected chi connectivity index (χ1v) is 10.6. The van der Waals surface area contributed by atoms with E-state index < -0.39 is 12.7 Å². The SMILES string of the molecule is CN=C(NCCC1CCN(CC(F)(F)F)CC1)N(C)Cc1ncc(-c2ccccc2)[nH]1. The standard InChI is InChI=1S/C22H31F3N6/c1-26-21(27-11-8-17-9-12-31(13-10-17)16-22(23,24)25)30(2)15-20-28-14-19(29-20)18-6-4-3-5-7-18/h3-7,14,17H,8-13,15-16H2,1-2H3,(H,26,27)(H,28,29). The number of benzene rings is 1. The highest BCUT2D eigenvalue weighted by atomic mass is 19.4. The summed E-state index contributed by atoms with van der Waals surface area (Å²) in [7, 11) is 3.70. The van der Waals surface area contributed by atoms with Crippen molar-refractivity contribution >= 4 is 5.96 Å². The molecule has 0 amide bonds. The number of piperidine rings is 1. The Balaban J connectivity index is 1.41. The molecule has 3 rings (SSSR count). The second-order valence-electron chi connectivity index (χ2n) is 8.06. The van der Waals surface area contributed by atoms with Gasteiger partial charge in [0.1, 0.15) is 5.82 Å². The molecule has 6 nitrogen and oxygen atoms in total. The van der Waals surface area contributed by atoms with Gasteiger partial charge in [0.2, 0.25) is 0 Å². The topological polar surface area (TPSA) is 59.6 Å². The molecule has 2 N–H and O–H groups in total. The number of likely N-dealkylation sites (tertiary alicyclic amines) is 1. The lowest BCUT2D eigenvalue weighted by Gasteiger charge is -2.32. The Bertz CT molecular complexity index is 825. The third-order valence-electron chi connectivity index (χ3n) is 5.62. The normalized spacial score (nSPS) is 16.5. The van der Waals surface area contributed by atoms with Crippen LogP contribution in [0.25, 0.3) is 11.3 Å². The quantitative estimate of drug-likeness (QED) is 0.513. The average molecular weight is 437 g/mol. The van der Waals surface area contributed by atoms with E-state index in [4.69, 9.17) is 0 Å². The minimum Gasteiger partial charge on any atom is -0.356 e. The molecule has 0 bridgehead atoms.